The van der Waals surface area contributed by atoms with Crippen LogP contribution in [-0.2, 0) is 12.6 Å². The van der Waals surface area contributed by atoms with Crippen molar-refractivity contribution in [2.75, 3.05) is 19.6 Å². The molecular weight excluding hydrogens is 255 g/mol. The summed E-state index contributed by atoms with van der Waals surface area (Å²) in [6, 6.07) is 5.42. The highest BCUT2D eigenvalue weighted by molar-refractivity contribution is 5.42. The number of aryl methyl sites for hydroxylation is 1. The number of hydrogen-bond donors (Lipinski definition) is 2. The van der Waals surface area contributed by atoms with Gasteiger partial charge in [0.1, 0.15) is 0 Å². The third-order valence-corrected chi connectivity index (χ3v) is 2.65. The SMILES string of the molecule is N#Cc1ccc(CCCNCCN)cc1C(F)(F)F. The van der Waals surface area contributed by atoms with Gasteiger partial charge in [0.25, 0.3) is 0 Å². The lowest BCUT2D eigenvalue weighted by Gasteiger charge is -2.11. The van der Waals surface area contributed by atoms with Crippen molar-refractivity contribution in [3.63, 3.8) is 0 Å². The molecule has 104 valence electrons. The maximum atomic E-state index is 12.7. The van der Waals surface area contributed by atoms with E-state index < -0.39 is 11.7 Å². The Kier molecular flexibility index (Phi) is 5.80. The molecule has 0 aliphatic rings. The zero-order valence-corrected chi connectivity index (χ0v) is 10.4. The minimum Gasteiger partial charge on any atom is -0.329 e. The molecule has 1 aromatic rings. The van der Waals surface area contributed by atoms with E-state index in [1.807, 2.05) is 0 Å². The summed E-state index contributed by atoms with van der Waals surface area (Å²) >= 11 is 0. The normalized spacial score (nSPS) is 11.3. The first-order valence-corrected chi connectivity index (χ1v) is 6.00. The Morgan fingerprint density at radius 3 is 2.58 bits per heavy atom. The highest BCUT2D eigenvalue weighted by Gasteiger charge is 2.33. The molecule has 6 heteroatoms. The van der Waals surface area contributed by atoms with Crippen molar-refractivity contribution in [3.8, 4) is 6.07 Å². The average molecular weight is 271 g/mol. The molecule has 3 nitrogen and oxygen atoms in total. The summed E-state index contributed by atoms with van der Waals surface area (Å²) in [5.41, 5.74) is 4.69. The van der Waals surface area contributed by atoms with Gasteiger partial charge in [0.2, 0.25) is 0 Å². The fraction of sp³-hybridized carbons (Fsp3) is 0.462. The van der Waals surface area contributed by atoms with Crippen LogP contribution < -0.4 is 11.1 Å². The van der Waals surface area contributed by atoms with Crippen molar-refractivity contribution < 1.29 is 13.2 Å². The third kappa shape index (κ3) is 4.89. The molecule has 0 amide bonds. The van der Waals surface area contributed by atoms with Crippen molar-refractivity contribution in [3.05, 3.63) is 34.9 Å². The number of benzene rings is 1. The number of rotatable bonds is 6. The molecule has 0 fully saturated rings. The summed E-state index contributed by atoms with van der Waals surface area (Å²) in [5, 5.41) is 11.7. The number of nitrogens with two attached hydrogens (primary N) is 1. The number of nitrogens with one attached hydrogen (secondary N) is 1. The van der Waals surface area contributed by atoms with Gasteiger partial charge in [0.05, 0.1) is 17.2 Å². The molecule has 0 aliphatic heterocycles. The molecule has 0 saturated carbocycles. The predicted molar refractivity (Wildman–Crippen MR) is 66.4 cm³/mol. The van der Waals surface area contributed by atoms with Gasteiger partial charge in [-0.1, -0.05) is 6.07 Å². The van der Waals surface area contributed by atoms with Crippen LogP contribution in [0.3, 0.4) is 0 Å². The fourth-order valence-electron chi connectivity index (χ4n) is 1.72. The number of hydrogen-bond acceptors (Lipinski definition) is 3. The minimum atomic E-state index is -4.49. The Morgan fingerprint density at radius 2 is 2.00 bits per heavy atom. The quantitative estimate of drug-likeness (QED) is 0.778. The monoisotopic (exact) mass is 271 g/mol. The molecule has 1 aromatic carbocycles. The van der Waals surface area contributed by atoms with E-state index in [-0.39, 0.29) is 5.56 Å². The van der Waals surface area contributed by atoms with Gasteiger partial charge in [-0.15, -0.1) is 0 Å². The van der Waals surface area contributed by atoms with E-state index in [0.29, 0.717) is 31.6 Å². The van der Waals surface area contributed by atoms with Gasteiger partial charge in [-0.3, -0.25) is 0 Å². The van der Waals surface area contributed by atoms with E-state index in [0.717, 1.165) is 12.5 Å². The topological polar surface area (TPSA) is 61.8 Å². The third-order valence-electron chi connectivity index (χ3n) is 2.65. The fourth-order valence-corrected chi connectivity index (χ4v) is 1.72. The number of alkyl halides is 3. The molecule has 1 rings (SSSR count). The first-order valence-electron chi connectivity index (χ1n) is 6.00. The molecule has 0 unspecified atom stereocenters. The van der Waals surface area contributed by atoms with Crippen molar-refractivity contribution >= 4 is 0 Å². The van der Waals surface area contributed by atoms with Crippen LogP contribution in [0.15, 0.2) is 18.2 Å². The lowest BCUT2D eigenvalue weighted by atomic mass is 10.0. The maximum Gasteiger partial charge on any atom is 0.417 e. The van der Waals surface area contributed by atoms with Crippen LogP contribution in [-0.4, -0.2) is 19.6 Å². The number of halogens is 3. The highest BCUT2D eigenvalue weighted by atomic mass is 19.4. The van der Waals surface area contributed by atoms with Crippen LogP contribution in [0, 0.1) is 11.3 Å². The molecule has 0 radical (unpaired) electrons. The van der Waals surface area contributed by atoms with E-state index in [1.54, 1.807) is 12.1 Å². The van der Waals surface area contributed by atoms with Crippen molar-refractivity contribution in [1.29, 1.82) is 5.26 Å². The van der Waals surface area contributed by atoms with Crippen molar-refractivity contribution in [2.45, 2.75) is 19.0 Å². The Labute approximate surface area is 110 Å². The van der Waals surface area contributed by atoms with Crippen molar-refractivity contribution in [1.82, 2.24) is 5.32 Å². The lowest BCUT2D eigenvalue weighted by molar-refractivity contribution is -0.137. The van der Waals surface area contributed by atoms with Gasteiger partial charge in [-0.05, 0) is 37.1 Å². The van der Waals surface area contributed by atoms with Gasteiger partial charge >= 0.3 is 6.18 Å². The highest BCUT2D eigenvalue weighted by Crippen LogP contribution is 2.32. The first-order chi connectivity index (χ1) is 8.99. The maximum absolute atomic E-state index is 12.7. The van der Waals surface area contributed by atoms with E-state index >= 15 is 0 Å². The molecule has 0 heterocycles. The van der Waals surface area contributed by atoms with Crippen LogP contribution >= 0.6 is 0 Å². The van der Waals surface area contributed by atoms with Crippen LogP contribution in [0.1, 0.15) is 23.1 Å². The average Bonchev–Trinajstić information content (AvgIpc) is 2.37. The summed E-state index contributed by atoms with van der Waals surface area (Å²) < 4.78 is 38.2. The summed E-state index contributed by atoms with van der Waals surface area (Å²) in [6.45, 7) is 1.94. The van der Waals surface area contributed by atoms with Crippen molar-refractivity contribution in [2.24, 2.45) is 5.73 Å². The van der Waals surface area contributed by atoms with E-state index in [2.05, 4.69) is 5.32 Å². The molecule has 0 atom stereocenters. The van der Waals surface area contributed by atoms with E-state index in [1.165, 1.54) is 6.07 Å². The minimum absolute atomic E-state index is 0.336. The van der Waals surface area contributed by atoms with Crippen LogP contribution in [0.4, 0.5) is 13.2 Å². The second-order valence-corrected chi connectivity index (χ2v) is 4.13. The molecule has 0 spiro atoms. The van der Waals surface area contributed by atoms with Crippen LogP contribution in [0.5, 0.6) is 0 Å². The Balaban J connectivity index is 2.69. The van der Waals surface area contributed by atoms with E-state index in [4.69, 9.17) is 11.0 Å². The van der Waals surface area contributed by atoms with Gasteiger partial charge in [0.15, 0.2) is 0 Å². The molecule has 0 bridgehead atoms. The van der Waals surface area contributed by atoms with Gasteiger partial charge in [-0.25, -0.2) is 0 Å². The Hall–Kier alpha value is -1.58. The Bertz CT molecular complexity index is 449. The standard InChI is InChI=1S/C13H16F3N3/c14-13(15,16)12-8-10(3-4-11(12)9-18)2-1-6-19-7-5-17/h3-4,8,19H,1-2,5-7,17H2. The summed E-state index contributed by atoms with van der Waals surface area (Å²) in [4.78, 5) is 0. The zero-order valence-electron chi connectivity index (χ0n) is 10.4. The van der Waals surface area contributed by atoms with Crippen LogP contribution in [0.2, 0.25) is 0 Å². The second kappa shape index (κ2) is 7.12. The summed E-state index contributed by atoms with van der Waals surface area (Å²) in [7, 11) is 0. The molecular formula is C13H16F3N3. The summed E-state index contributed by atoms with van der Waals surface area (Å²) in [5.74, 6) is 0. The lowest BCUT2D eigenvalue weighted by Crippen LogP contribution is -2.23. The second-order valence-electron chi connectivity index (χ2n) is 4.13. The van der Waals surface area contributed by atoms with Gasteiger partial charge in [-0.2, -0.15) is 18.4 Å². The van der Waals surface area contributed by atoms with Gasteiger partial charge < -0.3 is 11.1 Å². The molecule has 0 aromatic heterocycles. The predicted octanol–water partition coefficient (Wildman–Crippen LogP) is 2.06. The zero-order chi connectivity index (χ0) is 14.3. The molecule has 3 N–H and O–H groups in total. The molecule has 19 heavy (non-hydrogen) atoms. The van der Waals surface area contributed by atoms with E-state index in [9.17, 15) is 13.2 Å². The number of nitrogens with zero attached hydrogens (tertiary/aromatic N) is 1. The van der Waals surface area contributed by atoms with Gasteiger partial charge in [0, 0.05) is 13.1 Å². The molecule has 0 aliphatic carbocycles. The van der Waals surface area contributed by atoms with Crippen LogP contribution in [0.25, 0.3) is 0 Å². The molecule has 0 saturated heterocycles. The largest absolute Gasteiger partial charge is 0.417 e. The smallest absolute Gasteiger partial charge is 0.329 e. The number of nitriles is 1. The first kappa shape index (κ1) is 15.5. The Morgan fingerprint density at radius 1 is 1.26 bits per heavy atom. The summed E-state index contributed by atoms with van der Waals surface area (Å²) in [6.07, 6.45) is -3.23.